The minimum Gasteiger partial charge on any atom is -0.494 e. The van der Waals surface area contributed by atoms with E-state index < -0.39 is 10.0 Å². The van der Waals surface area contributed by atoms with E-state index in [1.54, 1.807) is 7.11 Å². The van der Waals surface area contributed by atoms with Crippen LogP contribution >= 0.6 is 0 Å². The summed E-state index contributed by atoms with van der Waals surface area (Å²) in [6.45, 7) is 2.50. The molecular formula is C15H20N4O3S. The van der Waals surface area contributed by atoms with E-state index in [2.05, 4.69) is 10.4 Å². The van der Waals surface area contributed by atoms with Crippen molar-refractivity contribution in [1.82, 2.24) is 19.4 Å². The molecular weight excluding hydrogens is 316 g/mol. The van der Waals surface area contributed by atoms with E-state index in [1.807, 2.05) is 24.3 Å². The fourth-order valence-electron chi connectivity index (χ4n) is 2.60. The number of nitrogens with zero attached hydrogens (tertiary/aromatic N) is 3. The van der Waals surface area contributed by atoms with Crippen LogP contribution in [0.25, 0.3) is 5.69 Å². The average Bonchev–Trinajstić information content (AvgIpc) is 2.90. The Labute approximate surface area is 135 Å². The van der Waals surface area contributed by atoms with Crippen LogP contribution in [-0.2, 0) is 10.0 Å². The molecule has 0 unspecified atom stereocenters. The van der Waals surface area contributed by atoms with Crippen molar-refractivity contribution in [3.63, 3.8) is 0 Å². The molecule has 2 heterocycles. The second-order valence-corrected chi connectivity index (χ2v) is 7.24. The van der Waals surface area contributed by atoms with E-state index in [9.17, 15) is 8.42 Å². The van der Waals surface area contributed by atoms with Gasteiger partial charge in [0.2, 0.25) is 10.0 Å². The molecule has 0 amide bonds. The molecule has 23 heavy (non-hydrogen) atoms. The highest BCUT2D eigenvalue weighted by Crippen LogP contribution is 2.23. The number of sulfonamides is 1. The smallest absolute Gasteiger partial charge is 0.246 e. The summed E-state index contributed by atoms with van der Waals surface area (Å²) >= 11 is 0. The van der Waals surface area contributed by atoms with Crippen LogP contribution in [0, 0.1) is 0 Å². The van der Waals surface area contributed by atoms with Gasteiger partial charge in [0.05, 0.1) is 19.5 Å². The normalized spacial score (nSPS) is 16.9. The van der Waals surface area contributed by atoms with Crippen LogP contribution in [0.15, 0.2) is 41.6 Å². The van der Waals surface area contributed by atoms with Gasteiger partial charge < -0.3 is 10.1 Å². The predicted molar refractivity (Wildman–Crippen MR) is 86.4 cm³/mol. The Kier molecular flexibility index (Phi) is 4.65. The maximum absolute atomic E-state index is 12.8. The fraction of sp³-hybridized carbons (Fsp3) is 0.400. The van der Waals surface area contributed by atoms with Crippen LogP contribution in [0.4, 0.5) is 0 Å². The first-order chi connectivity index (χ1) is 11.1. The van der Waals surface area contributed by atoms with Gasteiger partial charge in [-0.25, -0.2) is 13.1 Å². The molecule has 0 atom stereocenters. The number of nitrogens with one attached hydrogen (secondary N) is 1. The molecule has 0 aliphatic carbocycles. The Morgan fingerprint density at radius 2 is 2.04 bits per heavy atom. The first-order valence-electron chi connectivity index (χ1n) is 7.52. The maximum atomic E-state index is 12.8. The molecule has 8 heteroatoms. The summed E-state index contributed by atoms with van der Waals surface area (Å²) in [5, 5.41) is 7.40. The van der Waals surface area contributed by atoms with Gasteiger partial charge in [0.1, 0.15) is 16.3 Å². The zero-order valence-corrected chi connectivity index (χ0v) is 13.8. The van der Waals surface area contributed by atoms with Gasteiger partial charge in [0.15, 0.2) is 0 Å². The van der Waals surface area contributed by atoms with Gasteiger partial charge in [-0.3, -0.25) is 0 Å². The van der Waals surface area contributed by atoms with Gasteiger partial charge in [0, 0.05) is 19.6 Å². The molecule has 1 saturated heterocycles. The van der Waals surface area contributed by atoms with Crippen LogP contribution in [0.1, 0.15) is 6.42 Å². The van der Waals surface area contributed by atoms with E-state index >= 15 is 0 Å². The number of aromatic nitrogens is 2. The van der Waals surface area contributed by atoms with E-state index in [4.69, 9.17) is 4.74 Å². The first kappa shape index (κ1) is 16.0. The molecule has 1 aromatic carbocycles. The highest BCUT2D eigenvalue weighted by molar-refractivity contribution is 7.89. The van der Waals surface area contributed by atoms with Crippen molar-refractivity contribution in [2.24, 2.45) is 0 Å². The largest absolute Gasteiger partial charge is 0.494 e. The van der Waals surface area contributed by atoms with Crippen molar-refractivity contribution < 1.29 is 13.2 Å². The van der Waals surface area contributed by atoms with E-state index in [1.165, 1.54) is 21.4 Å². The standard InChI is InChI=1S/C15H20N4O3S/c1-22-15-6-3-2-5-14(15)19-12-13(11-17-19)23(20,21)18-9-4-7-16-8-10-18/h2-3,5-6,11-12,16H,4,7-10H2,1H3. The van der Waals surface area contributed by atoms with Crippen molar-refractivity contribution in [2.45, 2.75) is 11.3 Å². The van der Waals surface area contributed by atoms with Gasteiger partial charge in [-0.15, -0.1) is 0 Å². The van der Waals surface area contributed by atoms with Crippen LogP contribution in [0.2, 0.25) is 0 Å². The Hall–Kier alpha value is -1.90. The Morgan fingerprint density at radius 3 is 2.87 bits per heavy atom. The van der Waals surface area contributed by atoms with Gasteiger partial charge in [-0.05, 0) is 25.1 Å². The van der Waals surface area contributed by atoms with E-state index in [0.717, 1.165) is 13.0 Å². The molecule has 0 bridgehead atoms. The topological polar surface area (TPSA) is 76.5 Å². The number of para-hydroxylation sites is 2. The average molecular weight is 336 g/mol. The third-order valence-corrected chi connectivity index (χ3v) is 5.68. The molecule has 0 saturated carbocycles. The van der Waals surface area contributed by atoms with Crippen LogP contribution < -0.4 is 10.1 Å². The van der Waals surface area contributed by atoms with E-state index in [0.29, 0.717) is 31.1 Å². The van der Waals surface area contributed by atoms with Gasteiger partial charge in [0.25, 0.3) is 0 Å². The predicted octanol–water partition coefficient (Wildman–Crippen LogP) is 0.865. The van der Waals surface area contributed by atoms with Crippen molar-refractivity contribution in [1.29, 1.82) is 0 Å². The number of benzene rings is 1. The molecule has 0 spiro atoms. The molecule has 1 fully saturated rings. The third-order valence-electron chi connectivity index (χ3n) is 3.83. The second kappa shape index (κ2) is 6.69. The Morgan fingerprint density at radius 1 is 1.22 bits per heavy atom. The zero-order chi connectivity index (χ0) is 16.3. The minimum atomic E-state index is -3.52. The summed E-state index contributed by atoms with van der Waals surface area (Å²) in [6.07, 6.45) is 3.73. The van der Waals surface area contributed by atoms with Crippen LogP contribution in [-0.4, -0.2) is 55.8 Å². The molecule has 1 aliphatic heterocycles. The van der Waals surface area contributed by atoms with Gasteiger partial charge >= 0.3 is 0 Å². The summed E-state index contributed by atoms with van der Waals surface area (Å²) in [5.74, 6) is 0.638. The first-order valence-corrected chi connectivity index (χ1v) is 8.96. The lowest BCUT2D eigenvalue weighted by Gasteiger charge is -2.18. The lowest BCUT2D eigenvalue weighted by molar-refractivity contribution is 0.411. The molecule has 0 radical (unpaired) electrons. The van der Waals surface area contributed by atoms with Crippen molar-refractivity contribution in [3.05, 3.63) is 36.7 Å². The van der Waals surface area contributed by atoms with Crippen LogP contribution in [0.3, 0.4) is 0 Å². The lowest BCUT2D eigenvalue weighted by atomic mass is 10.3. The molecule has 124 valence electrons. The Bertz CT molecular complexity index is 765. The molecule has 1 N–H and O–H groups in total. The molecule has 1 aliphatic rings. The Balaban J connectivity index is 1.91. The lowest BCUT2D eigenvalue weighted by Crippen LogP contribution is -2.34. The summed E-state index contributed by atoms with van der Waals surface area (Å²) in [6, 6.07) is 7.35. The van der Waals surface area contributed by atoms with Gasteiger partial charge in [-0.1, -0.05) is 12.1 Å². The quantitative estimate of drug-likeness (QED) is 0.896. The van der Waals surface area contributed by atoms with E-state index in [-0.39, 0.29) is 4.90 Å². The molecule has 2 aromatic rings. The summed E-state index contributed by atoms with van der Waals surface area (Å²) in [4.78, 5) is 0.199. The second-order valence-electron chi connectivity index (χ2n) is 5.30. The summed E-state index contributed by atoms with van der Waals surface area (Å²) in [5.41, 5.74) is 0.703. The highest BCUT2D eigenvalue weighted by Gasteiger charge is 2.26. The van der Waals surface area contributed by atoms with Crippen LogP contribution in [0.5, 0.6) is 5.75 Å². The molecule has 1 aromatic heterocycles. The number of hydrogen-bond donors (Lipinski definition) is 1. The highest BCUT2D eigenvalue weighted by atomic mass is 32.2. The number of ether oxygens (including phenoxy) is 1. The summed E-state index contributed by atoms with van der Waals surface area (Å²) in [7, 11) is -1.95. The fourth-order valence-corrected chi connectivity index (χ4v) is 4.01. The monoisotopic (exact) mass is 336 g/mol. The molecule has 7 nitrogen and oxygen atoms in total. The van der Waals surface area contributed by atoms with Crippen molar-refractivity contribution >= 4 is 10.0 Å². The minimum absolute atomic E-state index is 0.199. The van der Waals surface area contributed by atoms with Crippen molar-refractivity contribution in [2.75, 3.05) is 33.3 Å². The number of rotatable bonds is 4. The number of hydrogen-bond acceptors (Lipinski definition) is 5. The third kappa shape index (κ3) is 3.24. The zero-order valence-electron chi connectivity index (χ0n) is 13.0. The summed E-state index contributed by atoms with van der Waals surface area (Å²) < 4.78 is 33.8. The van der Waals surface area contributed by atoms with Gasteiger partial charge in [-0.2, -0.15) is 9.40 Å². The SMILES string of the molecule is COc1ccccc1-n1cc(S(=O)(=O)N2CCCNCC2)cn1. The molecule has 3 rings (SSSR count). The van der Waals surface area contributed by atoms with Crippen molar-refractivity contribution in [3.8, 4) is 11.4 Å². The maximum Gasteiger partial charge on any atom is 0.246 e. The number of methoxy groups -OCH3 is 1.